The van der Waals surface area contributed by atoms with Gasteiger partial charge in [-0.2, -0.15) is 5.10 Å². The van der Waals surface area contributed by atoms with Gasteiger partial charge in [-0.1, -0.05) is 6.92 Å². The molecule has 0 spiro atoms. The highest BCUT2D eigenvalue weighted by molar-refractivity contribution is 6.03. The SMILES string of the molecule is CCCOc1ccc(C=NNC(=O)CC(=O)Nc2ccc(OC)cc2)cc1. The number of hydrogen-bond donors (Lipinski definition) is 2. The Hall–Kier alpha value is -3.35. The molecule has 7 heteroatoms. The van der Waals surface area contributed by atoms with Crippen LogP contribution in [0.2, 0.25) is 0 Å². The van der Waals surface area contributed by atoms with Gasteiger partial charge in [0, 0.05) is 5.69 Å². The topological polar surface area (TPSA) is 89.0 Å². The summed E-state index contributed by atoms with van der Waals surface area (Å²) in [5.41, 5.74) is 3.73. The molecule has 7 nitrogen and oxygen atoms in total. The smallest absolute Gasteiger partial charge is 0.249 e. The number of carbonyl (C=O) groups is 2. The van der Waals surface area contributed by atoms with Gasteiger partial charge in [0.25, 0.3) is 0 Å². The van der Waals surface area contributed by atoms with Gasteiger partial charge in [-0.15, -0.1) is 0 Å². The Bertz CT molecular complexity index is 771. The Labute approximate surface area is 158 Å². The molecule has 2 aromatic carbocycles. The molecule has 142 valence electrons. The Morgan fingerprint density at radius 3 is 2.30 bits per heavy atom. The lowest BCUT2D eigenvalue weighted by Gasteiger charge is -2.06. The molecule has 0 heterocycles. The highest BCUT2D eigenvalue weighted by Gasteiger charge is 2.09. The average Bonchev–Trinajstić information content (AvgIpc) is 2.68. The molecule has 0 aromatic heterocycles. The lowest BCUT2D eigenvalue weighted by molar-refractivity contribution is -0.126. The number of methoxy groups -OCH3 is 1. The Morgan fingerprint density at radius 1 is 1.00 bits per heavy atom. The van der Waals surface area contributed by atoms with Crippen LogP contribution in [0, 0.1) is 0 Å². The summed E-state index contributed by atoms with van der Waals surface area (Å²) in [5.74, 6) is 0.545. The summed E-state index contributed by atoms with van der Waals surface area (Å²) in [6, 6.07) is 14.2. The summed E-state index contributed by atoms with van der Waals surface area (Å²) < 4.78 is 10.5. The molecule has 2 N–H and O–H groups in total. The number of hydrazone groups is 1. The Morgan fingerprint density at radius 2 is 1.67 bits per heavy atom. The molecule has 0 saturated carbocycles. The predicted molar refractivity (Wildman–Crippen MR) is 104 cm³/mol. The van der Waals surface area contributed by atoms with Crippen LogP contribution >= 0.6 is 0 Å². The summed E-state index contributed by atoms with van der Waals surface area (Å²) in [7, 11) is 1.56. The number of anilines is 1. The number of hydrogen-bond acceptors (Lipinski definition) is 5. The van der Waals surface area contributed by atoms with E-state index in [4.69, 9.17) is 9.47 Å². The summed E-state index contributed by atoms with van der Waals surface area (Å²) in [6.07, 6.45) is 2.12. The first kappa shape index (κ1) is 20.0. The minimum Gasteiger partial charge on any atom is -0.497 e. The van der Waals surface area contributed by atoms with E-state index in [-0.39, 0.29) is 6.42 Å². The standard InChI is InChI=1S/C20H23N3O4/c1-3-12-27-18-8-4-15(5-9-18)14-21-23-20(25)13-19(24)22-16-6-10-17(26-2)11-7-16/h4-11,14H,3,12-13H2,1-2H3,(H,22,24)(H,23,25). The fourth-order valence-electron chi connectivity index (χ4n) is 2.11. The zero-order valence-electron chi connectivity index (χ0n) is 15.4. The van der Waals surface area contributed by atoms with Gasteiger partial charge in [-0.25, -0.2) is 5.43 Å². The maximum atomic E-state index is 11.9. The maximum absolute atomic E-state index is 11.9. The van der Waals surface area contributed by atoms with Gasteiger partial charge in [0.05, 0.1) is 19.9 Å². The van der Waals surface area contributed by atoms with Crippen molar-refractivity contribution in [2.75, 3.05) is 19.0 Å². The van der Waals surface area contributed by atoms with Gasteiger partial charge in [-0.05, 0) is 60.5 Å². The van der Waals surface area contributed by atoms with Crippen LogP contribution in [-0.4, -0.2) is 31.7 Å². The molecule has 27 heavy (non-hydrogen) atoms. The van der Waals surface area contributed by atoms with Crippen molar-refractivity contribution in [2.24, 2.45) is 5.10 Å². The molecule has 2 aromatic rings. The number of nitrogens with zero attached hydrogens (tertiary/aromatic N) is 1. The lowest BCUT2D eigenvalue weighted by Crippen LogP contribution is -2.24. The first-order valence-electron chi connectivity index (χ1n) is 8.59. The van der Waals surface area contributed by atoms with Gasteiger partial charge >= 0.3 is 0 Å². The first-order chi connectivity index (χ1) is 13.1. The minimum atomic E-state index is -0.500. The number of rotatable bonds is 9. The molecule has 2 rings (SSSR count). The number of nitrogens with one attached hydrogen (secondary N) is 2. The number of ether oxygens (including phenoxy) is 2. The molecule has 0 bridgehead atoms. The van der Waals surface area contributed by atoms with Gasteiger partial charge < -0.3 is 14.8 Å². The minimum absolute atomic E-state index is 0.326. The predicted octanol–water partition coefficient (Wildman–Crippen LogP) is 2.96. The van der Waals surface area contributed by atoms with Crippen molar-refractivity contribution in [2.45, 2.75) is 19.8 Å². The van der Waals surface area contributed by atoms with E-state index >= 15 is 0 Å². The summed E-state index contributed by atoms with van der Waals surface area (Å²) in [5, 5.41) is 6.49. The molecule has 0 aliphatic carbocycles. The molecule has 0 fully saturated rings. The molecular formula is C20H23N3O4. The van der Waals surface area contributed by atoms with Crippen LogP contribution in [0.25, 0.3) is 0 Å². The second-order valence-corrected chi connectivity index (χ2v) is 5.66. The van der Waals surface area contributed by atoms with E-state index in [2.05, 4.69) is 15.8 Å². The van der Waals surface area contributed by atoms with E-state index in [1.54, 1.807) is 31.4 Å². The molecule has 0 unspecified atom stereocenters. The van der Waals surface area contributed by atoms with Crippen LogP contribution in [0.5, 0.6) is 11.5 Å². The monoisotopic (exact) mass is 369 g/mol. The lowest BCUT2D eigenvalue weighted by atomic mass is 10.2. The molecule has 0 aliphatic rings. The van der Waals surface area contributed by atoms with E-state index in [0.29, 0.717) is 18.0 Å². The van der Waals surface area contributed by atoms with Crippen LogP contribution < -0.4 is 20.2 Å². The molecule has 0 saturated heterocycles. The fraction of sp³-hybridized carbons (Fsp3) is 0.250. The van der Waals surface area contributed by atoms with Crippen molar-refractivity contribution in [1.82, 2.24) is 5.43 Å². The molecule has 2 amide bonds. The highest BCUT2D eigenvalue weighted by Crippen LogP contribution is 2.15. The molecular weight excluding hydrogens is 346 g/mol. The average molecular weight is 369 g/mol. The highest BCUT2D eigenvalue weighted by atomic mass is 16.5. The molecule has 0 aliphatic heterocycles. The van der Waals surface area contributed by atoms with Crippen LogP contribution in [-0.2, 0) is 9.59 Å². The number of carbonyl (C=O) groups excluding carboxylic acids is 2. The zero-order valence-corrected chi connectivity index (χ0v) is 15.4. The Balaban J connectivity index is 1.75. The van der Waals surface area contributed by atoms with E-state index < -0.39 is 11.8 Å². The largest absolute Gasteiger partial charge is 0.497 e. The van der Waals surface area contributed by atoms with E-state index in [0.717, 1.165) is 17.7 Å². The van der Waals surface area contributed by atoms with Crippen molar-refractivity contribution < 1.29 is 19.1 Å². The Kier molecular flexibility index (Phi) is 7.84. The van der Waals surface area contributed by atoms with Crippen molar-refractivity contribution in [1.29, 1.82) is 0 Å². The quantitative estimate of drug-likeness (QED) is 0.404. The van der Waals surface area contributed by atoms with Gasteiger partial charge in [0.15, 0.2) is 0 Å². The van der Waals surface area contributed by atoms with Crippen molar-refractivity contribution in [3.8, 4) is 11.5 Å². The van der Waals surface area contributed by atoms with Gasteiger partial charge in [0.2, 0.25) is 11.8 Å². The van der Waals surface area contributed by atoms with Crippen LogP contribution in [0.1, 0.15) is 25.3 Å². The van der Waals surface area contributed by atoms with Crippen LogP contribution in [0.15, 0.2) is 53.6 Å². The summed E-state index contributed by atoms with van der Waals surface area (Å²) >= 11 is 0. The zero-order chi connectivity index (χ0) is 19.5. The first-order valence-corrected chi connectivity index (χ1v) is 8.59. The van der Waals surface area contributed by atoms with Crippen LogP contribution in [0.4, 0.5) is 5.69 Å². The second kappa shape index (κ2) is 10.6. The van der Waals surface area contributed by atoms with Gasteiger partial charge in [-0.3, -0.25) is 9.59 Å². The fourth-order valence-corrected chi connectivity index (χ4v) is 2.11. The van der Waals surface area contributed by atoms with E-state index in [9.17, 15) is 9.59 Å². The third kappa shape index (κ3) is 7.19. The maximum Gasteiger partial charge on any atom is 0.249 e. The number of benzene rings is 2. The van der Waals surface area contributed by atoms with Crippen molar-refractivity contribution in [3.05, 3.63) is 54.1 Å². The third-order valence-corrected chi connectivity index (χ3v) is 3.45. The van der Waals surface area contributed by atoms with Crippen LogP contribution in [0.3, 0.4) is 0 Å². The van der Waals surface area contributed by atoms with Gasteiger partial charge in [0.1, 0.15) is 17.9 Å². The second-order valence-electron chi connectivity index (χ2n) is 5.66. The van der Waals surface area contributed by atoms with E-state index in [1.165, 1.54) is 6.21 Å². The molecule has 0 radical (unpaired) electrons. The third-order valence-electron chi connectivity index (χ3n) is 3.45. The molecule has 0 atom stereocenters. The summed E-state index contributed by atoms with van der Waals surface area (Å²) in [6.45, 7) is 2.71. The normalized spacial score (nSPS) is 10.4. The van der Waals surface area contributed by atoms with E-state index in [1.807, 2.05) is 31.2 Å². The van der Waals surface area contributed by atoms with Crippen molar-refractivity contribution in [3.63, 3.8) is 0 Å². The van der Waals surface area contributed by atoms with Crippen molar-refractivity contribution >= 4 is 23.7 Å². The summed E-state index contributed by atoms with van der Waals surface area (Å²) in [4.78, 5) is 23.6. The number of amides is 2.